The van der Waals surface area contributed by atoms with Crippen LogP contribution in [0.5, 0.6) is 0 Å². The van der Waals surface area contributed by atoms with Crippen LogP contribution in [0.3, 0.4) is 0 Å². The Morgan fingerprint density at radius 2 is 2.29 bits per heavy atom. The maximum absolute atomic E-state index is 12.6. The number of halogens is 3. The maximum Gasteiger partial charge on any atom is 0.264 e. The Balaban J connectivity index is 3.41. The molecule has 0 aromatic carbocycles. The van der Waals surface area contributed by atoms with Crippen LogP contribution in [-0.2, 0) is 5.33 Å². The fourth-order valence-corrected chi connectivity index (χ4v) is 1.65. The predicted molar refractivity (Wildman–Crippen MR) is 51.3 cm³/mol. The molecule has 0 saturated carbocycles. The fraction of sp³-hybridized carbons (Fsp3) is 0.333. The highest BCUT2D eigenvalue weighted by Crippen LogP contribution is 2.28. The van der Waals surface area contributed by atoms with E-state index < -0.39 is 6.43 Å². The smallest absolute Gasteiger partial charge is 0.245 e. The van der Waals surface area contributed by atoms with Crippen molar-refractivity contribution in [2.24, 2.45) is 0 Å². The molecule has 0 radical (unpaired) electrons. The van der Waals surface area contributed by atoms with E-state index in [2.05, 4.69) is 20.9 Å². The van der Waals surface area contributed by atoms with Crippen LogP contribution in [-0.4, -0.2) is 4.98 Å². The van der Waals surface area contributed by atoms with Crippen LogP contribution >= 0.6 is 15.9 Å². The normalized spacial score (nSPS) is 10.3. The van der Waals surface area contributed by atoms with Crippen LogP contribution in [0, 0.1) is 18.3 Å². The molecule has 1 aromatic heterocycles. The highest BCUT2D eigenvalue weighted by molar-refractivity contribution is 9.08. The maximum atomic E-state index is 12.6. The van der Waals surface area contributed by atoms with E-state index in [4.69, 9.17) is 5.26 Å². The van der Waals surface area contributed by atoms with Gasteiger partial charge >= 0.3 is 0 Å². The van der Waals surface area contributed by atoms with Gasteiger partial charge in [-0.25, -0.2) is 13.8 Å². The second-order valence-corrected chi connectivity index (χ2v) is 3.28. The van der Waals surface area contributed by atoms with Crippen molar-refractivity contribution in [2.45, 2.75) is 18.7 Å². The van der Waals surface area contributed by atoms with E-state index in [9.17, 15) is 8.78 Å². The third-order valence-corrected chi connectivity index (χ3v) is 2.53. The average Bonchev–Trinajstić information content (AvgIpc) is 2.16. The second kappa shape index (κ2) is 4.47. The summed E-state index contributed by atoms with van der Waals surface area (Å²) in [5, 5.41) is 8.93. The highest BCUT2D eigenvalue weighted by atomic mass is 79.9. The summed E-state index contributed by atoms with van der Waals surface area (Å²) in [5.41, 5.74) is 0.661. The van der Waals surface area contributed by atoms with Gasteiger partial charge in [0, 0.05) is 17.1 Å². The van der Waals surface area contributed by atoms with E-state index in [0.29, 0.717) is 10.9 Å². The Hall–Kier alpha value is -1.02. The first kappa shape index (κ1) is 11.1. The number of alkyl halides is 3. The molecule has 0 amide bonds. The lowest BCUT2D eigenvalue weighted by Gasteiger charge is -2.09. The molecule has 0 aliphatic rings. The van der Waals surface area contributed by atoms with Gasteiger partial charge in [0.05, 0.1) is 0 Å². The molecule has 0 unspecified atom stereocenters. The van der Waals surface area contributed by atoms with Crippen LogP contribution in [0.4, 0.5) is 8.78 Å². The standard InChI is InChI=1S/C9H7BrF2N2/c1-5-7(3-13)14-4-6(2-10)8(5)9(11)12/h4,9H,2H2,1H3. The molecule has 14 heavy (non-hydrogen) atoms. The Morgan fingerprint density at radius 1 is 1.64 bits per heavy atom. The minimum absolute atomic E-state index is 0.0602. The van der Waals surface area contributed by atoms with E-state index in [-0.39, 0.29) is 16.8 Å². The van der Waals surface area contributed by atoms with Gasteiger partial charge in [0.25, 0.3) is 6.43 Å². The van der Waals surface area contributed by atoms with Gasteiger partial charge in [-0.1, -0.05) is 15.9 Å². The van der Waals surface area contributed by atoms with Crippen molar-refractivity contribution in [3.05, 3.63) is 28.6 Å². The van der Waals surface area contributed by atoms with Crippen molar-refractivity contribution in [1.29, 1.82) is 5.26 Å². The first-order valence-electron chi connectivity index (χ1n) is 3.84. The van der Waals surface area contributed by atoms with Crippen LogP contribution in [0.25, 0.3) is 0 Å². The topological polar surface area (TPSA) is 36.7 Å². The number of hydrogen-bond donors (Lipinski definition) is 0. The minimum Gasteiger partial charge on any atom is -0.245 e. The van der Waals surface area contributed by atoms with Crippen molar-refractivity contribution < 1.29 is 8.78 Å². The number of rotatable bonds is 2. The second-order valence-electron chi connectivity index (χ2n) is 2.72. The monoisotopic (exact) mass is 260 g/mol. The van der Waals surface area contributed by atoms with Gasteiger partial charge in [-0.2, -0.15) is 5.26 Å². The molecule has 0 N–H and O–H groups in total. The van der Waals surface area contributed by atoms with E-state index in [1.54, 1.807) is 6.07 Å². The molecule has 74 valence electrons. The van der Waals surface area contributed by atoms with E-state index >= 15 is 0 Å². The lowest BCUT2D eigenvalue weighted by atomic mass is 10.0. The molecule has 0 aliphatic carbocycles. The molecule has 0 spiro atoms. The van der Waals surface area contributed by atoms with Crippen molar-refractivity contribution in [1.82, 2.24) is 4.98 Å². The Labute approximate surface area is 88.7 Å². The minimum atomic E-state index is -2.57. The van der Waals surface area contributed by atoms with Crippen molar-refractivity contribution in [2.75, 3.05) is 0 Å². The van der Waals surface area contributed by atoms with E-state index in [0.717, 1.165) is 0 Å². The molecule has 1 rings (SSSR count). The summed E-state index contributed by atoms with van der Waals surface area (Å²) in [4.78, 5) is 3.79. The summed E-state index contributed by atoms with van der Waals surface area (Å²) < 4.78 is 25.3. The zero-order valence-corrected chi connectivity index (χ0v) is 8.98. The Bertz CT molecular complexity index is 385. The quantitative estimate of drug-likeness (QED) is 0.767. The lowest BCUT2D eigenvalue weighted by Crippen LogP contribution is -2.01. The summed E-state index contributed by atoms with van der Waals surface area (Å²) in [5.74, 6) is 0. The van der Waals surface area contributed by atoms with Gasteiger partial charge in [-0.3, -0.25) is 0 Å². The van der Waals surface area contributed by atoms with Crippen LogP contribution in [0.1, 0.15) is 28.8 Å². The first-order chi connectivity index (χ1) is 6.61. The average molecular weight is 261 g/mol. The van der Waals surface area contributed by atoms with Gasteiger partial charge in [0.15, 0.2) is 0 Å². The molecule has 0 aliphatic heterocycles. The fourth-order valence-electron chi connectivity index (χ4n) is 1.20. The molecule has 0 atom stereocenters. The van der Waals surface area contributed by atoms with Gasteiger partial charge in [-0.05, 0) is 18.1 Å². The predicted octanol–water partition coefficient (Wildman–Crippen LogP) is 3.09. The lowest BCUT2D eigenvalue weighted by molar-refractivity contribution is 0.149. The third kappa shape index (κ3) is 1.90. The molecular formula is C9H7BrF2N2. The highest BCUT2D eigenvalue weighted by Gasteiger charge is 2.18. The van der Waals surface area contributed by atoms with E-state index in [1.807, 2.05) is 0 Å². The van der Waals surface area contributed by atoms with Gasteiger partial charge in [0.1, 0.15) is 11.8 Å². The van der Waals surface area contributed by atoms with Crippen LogP contribution in [0.15, 0.2) is 6.20 Å². The Morgan fingerprint density at radius 3 is 2.71 bits per heavy atom. The van der Waals surface area contributed by atoms with Gasteiger partial charge < -0.3 is 0 Å². The van der Waals surface area contributed by atoms with Crippen molar-refractivity contribution in [3.63, 3.8) is 0 Å². The van der Waals surface area contributed by atoms with Crippen molar-refractivity contribution >= 4 is 15.9 Å². The Kier molecular flexibility index (Phi) is 3.53. The number of nitrogens with zero attached hydrogens (tertiary/aromatic N) is 2. The molecule has 0 bridgehead atoms. The third-order valence-electron chi connectivity index (χ3n) is 1.92. The van der Waals surface area contributed by atoms with Gasteiger partial charge in [-0.15, -0.1) is 0 Å². The number of aromatic nitrogens is 1. The number of hydrogen-bond acceptors (Lipinski definition) is 2. The molecule has 1 aromatic rings. The van der Waals surface area contributed by atoms with E-state index in [1.165, 1.54) is 13.1 Å². The number of pyridine rings is 1. The zero-order chi connectivity index (χ0) is 10.7. The largest absolute Gasteiger partial charge is 0.264 e. The molecular weight excluding hydrogens is 254 g/mol. The molecule has 0 fully saturated rings. The van der Waals surface area contributed by atoms with Crippen LogP contribution < -0.4 is 0 Å². The zero-order valence-electron chi connectivity index (χ0n) is 7.39. The summed E-state index contributed by atoms with van der Waals surface area (Å²) in [6, 6.07) is 1.78. The summed E-state index contributed by atoms with van der Waals surface area (Å²) in [6.07, 6.45) is -1.26. The molecule has 1 heterocycles. The van der Waals surface area contributed by atoms with Crippen LogP contribution in [0.2, 0.25) is 0 Å². The SMILES string of the molecule is Cc1c(C#N)ncc(CBr)c1C(F)F. The summed E-state index contributed by atoms with van der Waals surface area (Å²) in [6.45, 7) is 1.49. The summed E-state index contributed by atoms with van der Waals surface area (Å²) in [7, 11) is 0. The molecule has 5 heteroatoms. The molecule has 2 nitrogen and oxygen atoms in total. The van der Waals surface area contributed by atoms with Crippen molar-refractivity contribution in [3.8, 4) is 6.07 Å². The summed E-state index contributed by atoms with van der Waals surface area (Å²) >= 11 is 3.10. The first-order valence-corrected chi connectivity index (χ1v) is 4.96. The number of nitriles is 1. The van der Waals surface area contributed by atoms with Gasteiger partial charge in [0.2, 0.25) is 0 Å². The molecule has 0 saturated heterocycles.